The van der Waals surface area contributed by atoms with Crippen LogP contribution in [0.15, 0.2) is 13.2 Å². The van der Waals surface area contributed by atoms with Crippen molar-refractivity contribution in [3.05, 3.63) is 13.2 Å². The molecule has 0 fully saturated rings. The van der Waals surface area contributed by atoms with Crippen LogP contribution >= 0.6 is 0 Å². The molecule has 0 aromatic rings. The average molecular weight is 112 g/mol. The number of rotatable bonds is 0. The second-order valence-corrected chi connectivity index (χ2v) is 0.519. The standard InChI is InChI=1S/C2H4O2.C2H4.Na.H/c1-2(3)4;1-2;;/h1H3,(H,3,4);1-2H2;;/q;;+1;-1. The second-order valence-electron chi connectivity index (χ2n) is 0.519. The minimum Gasteiger partial charge on any atom is -1.00 e. The Bertz CT molecular complexity index is 45.3. The fourth-order valence-electron chi connectivity index (χ4n) is 0. The van der Waals surface area contributed by atoms with Gasteiger partial charge in [0.1, 0.15) is 0 Å². The van der Waals surface area contributed by atoms with Crippen molar-refractivity contribution in [2.45, 2.75) is 6.92 Å². The Morgan fingerprint density at radius 3 is 1.71 bits per heavy atom. The summed E-state index contributed by atoms with van der Waals surface area (Å²) in [7, 11) is 0. The van der Waals surface area contributed by atoms with Crippen molar-refractivity contribution >= 4 is 5.97 Å². The van der Waals surface area contributed by atoms with Crippen LogP contribution in [0.2, 0.25) is 0 Å². The van der Waals surface area contributed by atoms with Gasteiger partial charge in [0.05, 0.1) is 0 Å². The van der Waals surface area contributed by atoms with Gasteiger partial charge in [-0.2, -0.15) is 0 Å². The van der Waals surface area contributed by atoms with E-state index in [-0.39, 0.29) is 31.0 Å². The van der Waals surface area contributed by atoms with Gasteiger partial charge < -0.3 is 6.53 Å². The summed E-state index contributed by atoms with van der Waals surface area (Å²) >= 11 is 0. The molecular weight excluding hydrogens is 103 g/mol. The Morgan fingerprint density at radius 1 is 1.71 bits per heavy atom. The molecule has 0 aromatic heterocycles. The normalized spacial score (nSPS) is 4.14. The fourth-order valence-corrected chi connectivity index (χ4v) is 0. The van der Waals surface area contributed by atoms with Gasteiger partial charge in [-0.3, -0.25) is 4.79 Å². The van der Waals surface area contributed by atoms with E-state index < -0.39 is 5.97 Å². The predicted molar refractivity (Wildman–Crippen MR) is 25.7 cm³/mol. The van der Waals surface area contributed by atoms with Gasteiger partial charge in [0.15, 0.2) is 0 Å². The Balaban J connectivity index is -0.0000000183. The summed E-state index contributed by atoms with van der Waals surface area (Å²) in [6, 6.07) is 0. The second kappa shape index (κ2) is 16.4. The van der Waals surface area contributed by atoms with Crippen LogP contribution in [0, 0.1) is 0 Å². The number of hydrogen-bond acceptors (Lipinski definition) is 1. The van der Waals surface area contributed by atoms with Crippen LogP contribution in [0.3, 0.4) is 0 Å². The molecule has 0 saturated carbocycles. The van der Waals surface area contributed by atoms with Gasteiger partial charge in [0.2, 0.25) is 0 Å². The smallest absolute Gasteiger partial charge is 1.00 e. The molecule has 0 saturated heterocycles. The topological polar surface area (TPSA) is 37.3 Å². The van der Waals surface area contributed by atoms with Gasteiger partial charge in [0, 0.05) is 6.92 Å². The van der Waals surface area contributed by atoms with Crippen molar-refractivity contribution < 1.29 is 40.9 Å². The zero-order valence-electron chi connectivity index (χ0n) is 5.77. The molecule has 38 valence electrons. The quantitative estimate of drug-likeness (QED) is 0.291. The van der Waals surface area contributed by atoms with E-state index in [4.69, 9.17) is 9.90 Å². The molecule has 0 aliphatic heterocycles. The third kappa shape index (κ3) is 2500. The third-order valence-electron chi connectivity index (χ3n) is 0. The number of carboxylic acid groups (broad SMARTS) is 1. The van der Waals surface area contributed by atoms with Crippen LogP contribution in [-0.4, -0.2) is 11.1 Å². The molecule has 0 spiro atoms. The molecule has 0 atom stereocenters. The summed E-state index contributed by atoms with van der Waals surface area (Å²) in [6.07, 6.45) is 0. The number of hydrogen-bond donors (Lipinski definition) is 1. The third-order valence-corrected chi connectivity index (χ3v) is 0. The first-order chi connectivity index (χ1) is 2.73. The van der Waals surface area contributed by atoms with Crippen LogP contribution in [0.4, 0.5) is 0 Å². The Kier molecular flexibility index (Phi) is 36.7. The summed E-state index contributed by atoms with van der Waals surface area (Å²) in [4.78, 5) is 9.00. The molecule has 2 nitrogen and oxygen atoms in total. The van der Waals surface area contributed by atoms with E-state index in [0.717, 1.165) is 6.92 Å². The van der Waals surface area contributed by atoms with E-state index in [2.05, 4.69) is 13.2 Å². The molecule has 0 radical (unpaired) electrons. The predicted octanol–water partition coefficient (Wildman–Crippen LogP) is -1.99. The van der Waals surface area contributed by atoms with Crippen LogP contribution < -0.4 is 29.6 Å². The largest absolute Gasteiger partial charge is 1.00 e. The Labute approximate surface area is 67.0 Å². The summed E-state index contributed by atoms with van der Waals surface area (Å²) in [6.45, 7) is 7.08. The summed E-state index contributed by atoms with van der Waals surface area (Å²) < 4.78 is 0. The van der Waals surface area contributed by atoms with Crippen LogP contribution in [0.1, 0.15) is 8.35 Å². The number of carbonyl (C=O) groups is 1. The van der Waals surface area contributed by atoms with Crippen LogP contribution in [0.5, 0.6) is 0 Å². The molecule has 1 N–H and O–H groups in total. The minimum atomic E-state index is -0.833. The van der Waals surface area contributed by atoms with Gasteiger partial charge in [-0.1, -0.05) is 0 Å². The molecule has 0 amide bonds. The van der Waals surface area contributed by atoms with E-state index in [0.29, 0.717) is 0 Å². The van der Waals surface area contributed by atoms with Gasteiger partial charge in [-0.05, 0) is 0 Å². The molecule has 7 heavy (non-hydrogen) atoms. The first-order valence-corrected chi connectivity index (χ1v) is 1.43. The monoisotopic (exact) mass is 112 g/mol. The average Bonchev–Trinajstić information content (AvgIpc) is 1.41. The summed E-state index contributed by atoms with van der Waals surface area (Å²) in [5.41, 5.74) is 0. The SMILES string of the molecule is C=C.CC(=O)O.[H-].[Na+]. The van der Waals surface area contributed by atoms with Crippen molar-refractivity contribution in [1.82, 2.24) is 0 Å². The van der Waals surface area contributed by atoms with Crippen molar-refractivity contribution in [3.8, 4) is 0 Å². The zero-order chi connectivity index (χ0) is 5.58. The van der Waals surface area contributed by atoms with Gasteiger partial charge >= 0.3 is 29.6 Å². The Morgan fingerprint density at radius 2 is 1.71 bits per heavy atom. The first-order valence-electron chi connectivity index (χ1n) is 1.43. The fraction of sp³-hybridized carbons (Fsp3) is 0.250. The number of carboxylic acids is 1. The van der Waals surface area contributed by atoms with E-state index >= 15 is 0 Å². The number of aliphatic carboxylic acids is 1. The maximum Gasteiger partial charge on any atom is 1.00 e. The van der Waals surface area contributed by atoms with Crippen molar-refractivity contribution in [2.75, 3.05) is 0 Å². The molecule has 0 unspecified atom stereocenters. The molecule has 0 heterocycles. The molecule has 0 aliphatic rings. The molecule has 0 rings (SSSR count). The van der Waals surface area contributed by atoms with E-state index in [1.165, 1.54) is 0 Å². The van der Waals surface area contributed by atoms with Crippen LogP contribution in [-0.2, 0) is 4.79 Å². The molecule has 0 aromatic carbocycles. The van der Waals surface area contributed by atoms with Crippen LogP contribution in [0.25, 0.3) is 0 Å². The molecule has 0 bridgehead atoms. The molecule has 0 aliphatic carbocycles. The van der Waals surface area contributed by atoms with Crippen molar-refractivity contribution in [3.63, 3.8) is 0 Å². The molecular formula is C4H9NaO2. The minimum absolute atomic E-state index is 0. The van der Waals surface area contributed by atoms with E-state index in [1.807, 2.05) is 0 Å². The molecule has 3 heteroatoms. The van der Waals surface area contributed by atoms with E-state index in [1.54, 1.807) is 0 Å². The van der Waals surface area contributed by atoms with Gasteiger partial charge in [-0.15, -0.1) is 13.2 Å². The van der Waals surface area contributed by atoms with Gasteiger partial charge in [-0.25, -0.2) is 0 Å². The van der Waals surface area contributed by atoms with E-state index in [9.17, 15) is 0 Å². The van der Waals surface area contributed by atoms with Gasteiger partial charge in [0.25, 0.3) is 5.97 Å². The maximum atomic E-state index is 9.00. The van der Waals surface area contributed by atoms with Crippen molar-refractivity contribution in [2.24, 2.45) is 0 Å². The summed E-state index contributed by atoms with van der Waals surface area (Å²) in [5.74, 6) is -0.833. The van der Waals surface area contributed by atoms with Crippen molar-refractivity contribution in [1.29, 1.82) is 0 Å². The maximum absolute atomic E-state index is 9.00. The summed E-state index contributed by atoms with van der Waals surface area (Å²) in [5, 5.41) is 7.42. The zero-order valence-corrected chi connectivity index (χ0v) is 6.77. The Hall–Kier alpha value is 0.210. The first kappa shape index (κ1) is 15.7.